The van der Waals surface area contributed by atoms with Crippen molar-refractivity contribution in [1.82, 2.24) is 4.98 Å². The summed E-state index contributed by atoms with van der Waals surface area (Å²) in [5.41, 5.74) is 0.914. The maximum Gasteiger partial charge on any atom is 0.391 e. The zero-order chi connectivity index (χ0) is 13.9. The number of nitrogens with zero attached hydrogens (tertiary/aromatic N) is 1. The van der Waals surface area contributed by atoms with Crippen LogP contribution in [0.4, 0.5) is 13.2 Å². The van der Waals surface area contributed by atoms with Crippen LogP contribution in [0.5, 0.6) is 0 Å². The lowest BCUT2D eigenvalue weighted by Gasteiger charge is -2.33. The van der Waals surface area contributed by atoms with Crippen molar-refractivity contribution in [3.63, 3.8) is 0 Å². The molecule has 5 heteroatoms. The van der Waals surface area contributed by atoms with E-state index in [9.17, 15) is 18.3 Å². The fourth-order valence-corrected chi connectivity index (χ4v) is 2.80. The van der Waals surface area contributed by atoms with Crippen molar-refractivity contribution in [3.8, 4) is 0 Å². The molecule has 106 valence electrons. The smallest absolute Gasteiger partial charge is 0.391 e. The van der Waals surface area contributed by atoms with Gasteiger partial charge in [0.15, 0.2) is 0 Å². The molecule has 0 saturated heterocycles. The van der Waals surface area contributed by atoms with Gasteiger partial charge in [0.05, 0.1) is 12.0 Å². The lowest BCUT2D eigenvalue weighted by molar-refractivity contribution is -0.188. The van der Waals surface area contributed by atoms with Crippen LogP contribution in [0.2, 0.25) is 0 Å². The van der Waals surface area contributed by atoms with E-state index in [1.807, 2.05) is 0 Å². The minimum atomic E-state index is -4.13. The minimum absolute atomic E-state index is 0.0513. The highest BCUT2D eigenvalue weighted by atomic mass is 19.4. The van der Waals surface area contributed by atoms with Crippen LogP contribution in [0.25, 0.3) is 0 Å². The predicted molar refractivity (Wildman–Crippen MR) is 65.5 cm³/mol. The topological polar surface area (TPSA) is 33.1 Å². The molecule has 0 radical (unpaired) electrons. The standard InChI is InChI=1S/C14H18F3NO/c15-14(16,17)12-3-1-2-11(9-12)13(19)8-10-4-6-18-7-5-10/h4-7,11-13,19H,1-3,8-9H2. The third kappa shape index (κ3) is 3.93. The van der Waals surface area contributed by atoms with Gasteiger partial charge in [-0.25, -0.2) is 0 Å². The van der Waals surface area contributed by atoms with Gasteiger partial charge in [-0.2, -0.15) is 13.2 Å². The Morgan fingerprint density at radius 3 is 2.58 bits per heavy atom. The zero-order valence-electron chi connectivity index (χ0n) is 10.6. The zero-order valence-corrected chi connectivity index (χ0v) is 10.6. The first-order valence-electron chi connectivity index (χ1n) is 6.60. The molecule has 3 atom stereocenters. The van der Waals surface area contributed by atoms with Gasteiger partial charge in [0, 0.05) is 12.4 Å². The van der Waals surface area contributed by atoms with Gasteiger partial charge in [-0.1, -0.05) is 6.42 Å². The molecule has 3 unspecified atom stereocenters. The van der Waals surface area contributed by atoms with E-state index in [1.165, 1.54) is 0 Å². The van der Waals surface area contributed by atoms with Crippen LogP contribution in [0.3, 0.4) is 0 Å². The molecule has 0 bridgehead atoms. The van der Waals surface area contributed by atoms with Crippen molar-refractivity contribution < 1.29 is 18.3 Å². The molecule has 19 heavy (non-hydrogen) atoms. The van der Waals surface area contributed by atoms with E-state index in [4.69, 9.17) is 0 Å². The van der Waals surface area contributed by atoms with Crippen molar-refractivity contribution in [3.05, 3.63) is 30.1 Å². The molecule has 1 heterocycles. The summed E-state index contributed by atoms with van der Waals surface area (Å²) in [5, 5.41) is 10.1. The van der Waals surface area contributed by atoms with Crippen LogP contribution in [-0.4, -0.2) is 22.4 Å². The maximum atomic E-state index is 12.7. The highest BCUT2D eigenvalue weighted by molar-refractivity contribution is 5.11. The summed E-state index contributed by atoms with van der Waals surface area (Å²) in [6.45, 7) is 0. The van der Waals surface area contributed by atoms with E-state index < -0.39 is 18.2 Å². The number of aliphatic hydroxyl groups is 1. The molecule has 2 rings (SSSR count). The fraction of sp³-hybridized carbons (Fsp3) is 0.643. The molecule has 1 aromatic rings. The number of rotatable bonds is 3. The molecule has 1 aliphatic carbocycles. The van der Waals surface area contributed by atoms with Crippen LogP contribution in [0.1, 0.15) is 31.2 Å². The van der Waals surface area contributed by atoms with Crippen LogP contribution >= 0.6 is 0 Å². The summed E-state index contributed by atoms with van der Waals surface area (Å²) in [6.07, 6.45) is 0.293. The average molecular weight is 273 g/mol. The minimum Gasteiger partial charge on any atom is -0.392 e. The lowest BCUT2D eigenvalue weighted by atomic mass is 9.77. The molecular formula is C14H18F3NO. The van der Waals surface area contributed by atoms with Gasteiger partial charge >= 0.3 is 6.18 Å². The van der Waals surface area contributed by atoms with Crippen LogP contribution < -0.4 is 0 Å². The Morgan fingerprint density at radius 2 is 1.95 bits per heavy atom. The van der Waals surface area contributed by atoms with Crippen molar-refractivity contribution >= 4 is 0 Å². The van der Waals surface area contributed by atoms with Gasteiger partial charge in [-0.3, -0.25) is 4.98 Å². The molecule has 0 amide bonds. The van der Waals surface area contributed by atoms with Gasteiger partial charge in [0.25, 0.3) is 0 Å². The summed E-state index contributed by atoms with van der Waals surface area (Å²) in [6, 6.07) is 3.57. The van der Waals surface area contributed by atoms with Gasteiger partial charge in [-0.05, 0) is 49.3 Å². The highest BCUT2D eigenvalue weighted by Crippen LogP contribution is 2.41. The summed E-state index contributed by atoms with van der Waals surface area (Å²) < 4.78 is 38.1. The molecule has 1 fully saturated rings. The molecule has 1 aromatic heterocycles. The Hall–Kier alpha value is -1.10. The van der Waals surface area contributed by atoms with Crippen molar-refractivity contribution in [1.29, 1.82) is 0 Å². The molecule has 1 aliphatic rings. The quantitative estimate of drug-likeness (QED) is 0.916. The maximum absolute atomic E-state index is 12.7. The summed E-state index contributed by atoms with van der Waals surface area (Å²) in [5.74, 6) is -1.51. The van der Waals surface area contributed by atoms with E-state index in [0.717, 1.165) is 5.56 Å². The molecule has 0 spiro atoms. The van der Waals surface area contributed by atoms with Crippen LogP contribution in [0, 0.1) is 11.8 Å². The van der Waals surface area contributed by atoms with Gasteiger partial charge in [0.1, 0.15) is 0 Å². The predicted octanol–water partition coefficient (Wildman–Crippen LogP) is 3.35. The van der Waals surface area contributed by atoms with Crippen molar-refractivity contribution in [2.24, 2.45) is 11.8 Å². The summed E-state index contributed by atoms with van der Waals surface area (Å²) >= 11 is 0. The van der Waals surface area contributed by atoms with E-state index >= 15 is 0 Å². The molecule has 0 aromatic carbocycles. The number of hydrogen-bond donors (Lipinski definition) is 1. The summed E-state index contributed by atoms with van der Waals surface area (Å²) in [7, 11) is 0. The monoisotopic (exact) mass is 273 g/mol. The first kappa shape index (κ1) is 14.3. The fourth-order valence-electron chi connectivity index (χ4n) is 2.80. The van der Waals surface area contributed by atoms with Crippen LogP contribution in [0.15, 0.2) is 24.5 Å². The van der Waals surface area contributed by atoms with E-state index in [1.54, 1.807) is 24.5 Å². The largest absolute Gasteiger partial charge is 0.392 e. The van der Waals surface area contributed by atoms with E-state index in [2.05, 4.69) is 4.98 Å². The molecule has 1 N–H and O–H groups in total. The Kier molecular flexibility index (Phi) is 4.45. The molecule has 0 aliphatic heterocycles. The number of halogens is 3. The third-order valence-electron chi connectivity index (χ3n) is 3.92. The molecule has 2 nitrogen and oxygen atoms in total. The van der Waals surface area contributed by atoms with Gasteiger partial charge < -0.3 is 5.11 Å². The van der Waals surface area contributed by atoms with E-state index in [0.29, 0.717) is 19.3 Å². The molecule has 1 saturated carbocycles. The Labute approximate surface area is 110 Å². The third-order valence-corrected chi connectivity index (χ3v) is 3.92. The number of aromatic nitrogens is 1. The Balaban J connectivity index is 1.94. The Morgan fingerprint density at radius 1 is 1.26 bits per heavy atom. The lowest BCUT2D eigenvalue weighted by Crippen LogP contribution is -2.34. The highest BCUT2D eigenvalue weighted by Gasteiger charge is 2.43. The second-order valence-electron chi connectivity index (χ2n) is 5.29. The molecular weight excluding hydrogens is 255 g/mol. The normalized spacial score (nSPS) is 26.1. The number of hydrogen-bond acceptors (Lipinski definition) is 2. The first-order valence-corrected chi connectivity index (χ1v) is 6.60. The number of alkyl halides is 3. The van der Waals surface area contributed by atoms with Crippen molar-refractivity contribution in [2.45, 2.75) is 44.4 Å². The number of aliphatic hydroxyl groups excluding tert-OH is 1. The van der Waals surface area contributed by atoms with Crippen molar-refractivity contribution in [2.75, 3.05) is 0 Å². The van der Waals surface area contributed by atoms with Crippen LogP contribution in [-0.2, 0) is 6.42 Å². The first-order chi connectivity index (χ1) is 8.97. The SMILES string of the molecule is OC(Cc1ccncc1)C1CCCC(C(F)(F)F)C1. The summed E-state index contributed by atoms with van der Waals surface area (Å²) in [4.78, 5) is 3.88. The second kappa shape index (κ2) is 5.90. The van der Waals surface area contributed by atoms with E-state index in [-0.39, 0.29) is 18.8 Å². The van der Waals surface area contributed by atoms with Gasteiger partial charge in [0.2, 0.25) is 0 Å². The Bertz CT molecular complexity index is 393. The average Bonchev–Trinajstić information content (AvgIpc) is 2.39. The number of pyridine rings is 1. The second-order valence-corrected chi connectivity index (χ2v) is 5.29. The van der Waals surface area contributed by atoms with Gasteiger partial charge in [-0.15, -0.1) is 0 Å².